The van der Waals surface area contributed by atoms with E-state index < -0.39 is 5.91 Å². The number of nitrogens with zero attached hydrogens (tertiary/aromatic N) is 1. The van der Waals surface area contributed by atoms with Gasteiger partial charge in [0.1, 0.15) is 6.61 Å². The van der Waals surface area contributed by atoms with Crippen molar-refractivity contribution < 1.29 is 19.1 Å². The van der Waals surface area contributed by atoms with Crippen LogP contribution in [0.3, 0.4) is 0 Å². The lowest BCUT2D eigenvalue weighted by Gasteiger charge is -2.15. The van der Waals surface area contributed by atoms with Crippen LogP contribution in [-0.4, -0.2) is 22.7 Å². The summed E-state index contributed by atoms with van der Waals surface area (Å²) in [5, 5.41) is 0.415. The summed E-state index contributed by atoms with van der Waals surface area (Å²) in [4.78, 5) is 27.1. The van der Waals surface area contributed by atoms with Crippen molar-refractivity contribution >= 4 is 68.1 Å². The maximum atomic E-state index is 13.1. The lowest BCUT2D eigenvalue weighted by Crippen LogP contribution is -2.27. The third-order valence-electron chi connectivity index (χ3n) is 5.35. The van der Waals surface area contributed by atoms with Gasteiger partial charge in [0.2, 0.25) is 0 Å². The van der Waals surface area contributed by atoms with Gasteiger partial charge in [0.15, 0.2) is 11.5 Å². The van der Waals surface area contributed by atoms with Gasteiger partial charge in [0.05, 0.1) is 22.5 Å². The van der Waals surface area contributed by atoms with Crippen molar-refractivity contribution in [3.05, 3.63) is 96.3 Å². The van der Waals surface area contributed by atoms with E-state index in [1.165, 1.54) is 0 Å². The Labute approximate surface area is 232 Å². The molecule has 4 rings (SSSR count). The normalized spacial score (nSPS) is 14.6. The maximum Gasteiger partial charge on any atom is 0.293 e. The topological polar surface area (TPSA) is 55.8 Å². The predicted octanol–water partition coefficient (Wildman–Crippen LogP) is 8.28. The molecule has 0 spiro atoms. The summed E-state index contributed by atoms with van der Waals surface area (Å²) in [6, 6.07) is 16.8. The van der Waals surface area contributed by atoms with Crippen LogP contribution in [0.4, 0.5) is 4.79 Å². The second-order valence-corrected chi connectivity index (χ2v) is 10.7. The number of amides is 2. The highest BCUT2D eigenvalue weighted by Gasteiger charge is 2.35. The molecule has 1 aliphatic rings. The van der Waals surface area contributed by atoms with Crippen molar-refractivity contribution in [3.8, 4) is 11.5 Å². The Kier molecular flexibility index (Phi) is 8.67. The Hall–Kier alpha value is -2.45. The predicted molar refractivity (Wildman–Crippen MR) is 149 cm³/mol. The zero-order valence-corrected chi connectivity index (χ0v) is 23.4. The standard InChI is InChI=1S/C27H22BrCl2NO4S/c1-3-34-23-12-18(11-20(28)25(23)35-15-17-7-4-6-16(2)10-17)13-24-26(32)31(27(33)36-24)14-19-21(29)8-5-9-22(19)30/h4-13H,3,14-15H2,1-2H3/b24-13-. The number of benzene rings is 3. The molecule has 0 aromatic heterocycles. The summed E-state index contributed by atoms with van der Waals surface area (Å²) in [7, 11) is 0. The summed E-state index contributed by atoms with van der Waals surface area (Å²) < 4.78 is 12.6. The lowest BCUT2D eigenvalue weighted by atomic mass is 10.1. The van der Waals surface area contributed by atoms with Crippen LogP contribution in [-0.2, 0) is 17.9 Å². The van der Waals surface area contributed by atoms with Crippen molar-refractivity contribution in [2.24, 2.45) is 0 Å². The van der Waals surface area contributed by atoms with E-state index in [4.69, 9.17) is 32.7 Å². The number of halogens is 3. The second kappa shape index (κ2) is 11.7. The van der Waals surface area contributed by atoms with Gasteiger partial charge in [-0.2, -0.15) is 0 Å². The van der Waals surface area contributed by atoms with Crippen molar-refractivity contribution in [1.82, 2.24) is 4.90 Å². The number of ether oxygens (including phenoxy) is 2. The van der Waals surface area contributed by atoms with Crippen molar-refractivity contribution in [3.63, 3.8) is 0 Å². The number of carbonyl (C=O) groups is 2. The molecular formula is C27H22BrCl2NO4S. The third-order valence-corrected chi connectivity index (χ3v) is 7.55. The van der Waals surface area contributed by atoms with E-state index in [2.05, 4.69) is 22.0 Å². The van der Waals surface area contributed by atoms with Gasteiger partial charge in [-0.1, -0.05) is 59.1 Å². The molecule has 0 unspecified atom stereocenters. The molecule has 0 aliphatic carbocycles. The maximum absolute atomic E-state index is 13.1. The van der Waals surface area contributed by atoms with E-state index in [1.807, 2.05) is 38.1 Å². The number of hydrogen-bond donors (Lipinski definition) is 0. The van der Waals surface area contributed by atoms with Gasteiger partial charge in [-0.05, 0) is 83.0 Å². The molecule has 186 valence electrons. The van der Waals surface area contributed by atoms with Crippen LogP contribution in [0.1, 0.15) is 29.2 Å². The fourth-order valence-electron chi connectivity index (χ4n) is 3.66. The molecule has 1 heterocycles. The van der Waals surface area contributed by atoms with Gasteiger partial charge in [0, 0.05) is 15.6 Å². The second-order valence-electron chi connectivity index (χ2n) is 8.01. The van der Waals surface area contributed by atoms with Crippen LogP contribution in [0.5, 0.6) is 11.5 Å². The molecule has 3 aromatic carbocycles. The smallest absolute Gasteiger partial charge is 0.293 e. The largest absolute Gasteiger partial charge is 0.490 e. The van der Waals surface area contributed by atoms with Crippen molar-refractivity contribution in [1.29, 1.82) is 0 Å². The number of imide groups is 1. The fraction of sp³-hybridized carbons (Fsp3) is 0.185. The van der Waals surface area contributed by atoms with Gasteiger partial charge in [0.25, 0.3) is 11.1 Å². The molecule has 2 amide bonds. The minimum Gasteiger partial charge on any atom is -0.490 e. The summed E-state index contributed by atoms with van der Waals surface area (Å²) >= 11 is 16.9. The summed E-state index contributed by atoms with van der Waals surface area (Å²) in [5.74, 6) is 0.694. The Balaban J connectivity index is 1.57. The summed E-state index contributed by atoms with van der Waals surface area (Å²) in [5.41, 5.74) is 3.41. The first-order chi connectivity index (χ1) is 17.3. The number of hydrogen-bond acceptors (Lipinski definition) is 5. The first-order valence-electron chi connectivity index (χ1n) is 11.1. The zero-order valence-electron chi connectivity index (χ0n) is 19.5. The molecule has 0 saturated carbocycles. The number of thioether (sulfide) groups is 1. The molecule has 1 saturated heterocycles. The molecular weight excluding hydrogens is 585 g/mol. The van der Waals surface area contributed by atoms with E-state index in [0.29, 0.717) is 55.3 Å². The third kappa shape index (κ3) is 6.09. The molecule has 0 radical (unpaired) electrons. The molecule has 9 heteroatoms. The van der Waals surface area contributed by atoms with E-state index in [9.17, 15) is 9.59 Å². The fourth-order valence-corrected chi connectivity index (χ4v) is 5.59. The number of carbonyl (C=O) groups excluding carboxylic acids is 2. The molecule has 5 nitrogen and oxygen atoms in total. The minimum absolute atomic E-state index is 0.000141. The number of rotatable bonds is 8. The average Bonchev–Trinajstić information content (AvgIpc) is 3.08. The highest BCUT2D eigenvalue weighted by atomic mass is 79.9. The van der Waals surface area contributed by atoms with Crippen LogP contribution in [0.25, 0.3) is 6.08 Å². The first kappa shape index (κ1) is 26.6. The van der Waals surface area contributed by atoms with Gasteiger partial charge in [-0.15, -0.1) is 0 Å². The Morgan fingerprint density at radius 2 is 1.75 bits per heavy atom. The van der Waals surface area contributed by atoms with Crippen LogP contribution >= 0.6 is 50.9 Å². The van der Waals surface area contributed by atoms with E-state index >= 15 is 0 Å². The number of aryl methyl sites for hydroxylation is 1. The quantitative estimate of drug-likeness (QED) is 0.241. The summed E-state index contributed by atoms with van der Waals surface area (Å²) in [6.07, 6.45) is 1.66. The van der Waals surface area contributed by atoms with Crippen LogP contribution < -0.4 is 9.47 Å². The lowest BCUT2D eigenvalue weighted by molar-refractivity contribution is -0.123. The van der Waals surface area contributed by atoms with E-state index in [0.717, 1.165) is 27.8 Å². The molecule has 0 N–H and O–H groups in total. The molecule has 0 atom stereocenters. The van der Waals surface area contributed by atoms with Gasteiger partial charge < -0.3 is 9.47 Å². The van der Waals surface area contributed by atoms with Crippen molar-refractivity contribution in [2.45, 2.75) is 27.0 Å². The highest BCUT2D eigenvalue weighted by Crippen LogP contribution is 2.40. The van der Waals surface area contributed by atoms with Gasteiger partial charge in [-0.25, -0.2) is 0 Å². The minimum atomic E-state index is -0.408. The monoisotopic (exact) mass is 605 g/mol. The van der Waals surface area contributed by atoms with E-state index in [1.54, 1.807) is 30.3 Å². The molecule has 36 heavy (non-hydrogen) atoms. The van der Waals surface area contributed by atoms with Gasteiger partial charge in [-0.3, -0.25) is 14.5 Å². The molecule has 0 bridgehead atoms. The molecule has 1 fully saturated rings. The van der Waals surface area contributed by atoms with Crippen LogP contribution in [0, 0.1) is 6.92 Å². The van der Waals surface area contributed by atoms with Crippen LogP contribution in [0.15, 0.2) is 64.0 Å². The SMILES string of the molecule is CCOc1cc(/C=C2\SC(=O)N(Cc3c(Cl)cccc3Cl)C2=O)cc(Br)c1OCc1cccc(C)c1. The van der Waals surface area contributed by atoms with Gasteiger partial charge >= 0.3 is 0 Å². The Morgan fingerprint density at radius 3 is 2.44 bits per heavy atom. The molecule has 1 aliphatic heterocycles. The average molecular weight is 607 g/mol. The van der Waals surface area contributed by atoms with E-state index in [-0.39, 0.29) is 11.8 Å². The summed E-state index contributed by atoms with van der Waals surface area (Å²) in [6.45, 7) is 4.73. The van der Waals surface area contributed by atoms with Crippen molar-refractivity contribution in [2.75, 3.05) is 6.61 Å². The molecule has 3 aromatic rings. The first-order valence-corrected chi connectivity index (χ1v) is 13.5. The highest BCUT2D eigenvalue weighted by molar-refractivity contribution is 9.10. The Bertz CT molecular complexity index is 1340. The zero-order chi connectivity index (χ0) is 25.8. The Morgan fingerprint density at radius 1 is 1.03 bits per heavy atom. The van der Waals surface area contributed by atoms with Crippen LogP contribution in [0.2, 0.25) is 10.0 Å².